The first-order chi connectivity index (χ1) is 10.3. The van der Waals surface area contributed by atoms with Gasteiger partial charge >= 0.3 is 0 Å². The molecule has 0 saturated carbocycles. The second-order valence-electron chi connectivity index (χ2n) is 5.63. The van der Waals surface area contributed by atoms with Gasteiger partial charge in [0.05, 0.1) is 0 Å². The second-order valence-corrected chi connectivity index (χ2v) is 5.63. The van der Waals surface area contributed by atoms with Crippen LogP contribution < -0.4 is 5.73 Å². The third-order valence-corrected chi connectivity index (χ3v) is 4.18. The van der Waals surface area contributed by atoms with E-state index in [4.69, 9.17) is 5.73 Å². The lowest BCUT2D eigenvalue weighted by Crippen LogP contribution is -1.93. The molecule has 2 N–H and O–H groups in total. The molecule has 0 radical (unpaired) electrons. The summed E-state index contributed by atoms with van der Waals surface area (Å²) in [4.78, 5) is 0. The average molecular weight is 275 g/mol. The molecule has 0 aliphatic heterocycles. The SMILES string of the molecule is CC(/C=C1\C2=C(CC=CC=C2)CCc2ccccc21)=C\N. The fourth-order valence-corrected chi connectivity index (χ4v) is 3.05. The van der Waals surface area contributed by atoms with Gasteiger partial charge in [0.25, 0.3) is 0 Å². The highest BCUT2D eigenvalue weighted by Crippen LogP contribution is 2.37. The number of fused-ring (bicyclic) bond motifs is 1. The quantitative estimate of drug-likeness (QED) is 0.790. The van der Waals surface area contributed by atoms with Gasteiger partial charge in [-0.25, -0.2) is 0 Å². The standard InChI is InChI=1S/C20H21N/c1-15(14-21)13-20-18-9-4-2-3-7-16(18)11-12-17-8-5-6-10-19(17)20/h2-6,8-10,13-14H,7,11-12,21H2,1H3/b15-14+,20-13+. The Morgan fingerprint density at radius 3 is 2.86 bits per heavy atom. The second kappa shape index (κ2) is 6.01. The molecule has 0 atom stereocenters. The minimum absolute atomic E-state index is 1.04. The molecule has 0 unspecified atom stereocenters. The first-order valence-corrected chi connectivity index (χ1v) is 7.53. The van der Waals surface area contributed by atoms with E-state index in [-0.39, 0.29) is 0 Å². The van der Waals surface area contributed by atoms with Crippen molar-refractivity contribution in [2.45, 2.75) is 26.2 Å². The van der Waals surface area contributed by atoms with Crippen LogP contribution in [-0.4, -0.2) is 0 Å². The molecule has 0 spiro atoms. The number of aryl methyl sites for hydroxylation is 1. The van der Waals surface area contributed by atoms with Crippen molar-refractivity contribution in [2.24, 2.45) is 5.73 Å². The van der Waals surface area contributed by atoms with E-state index >= 15 is 0 Å². The molecule has 2 aliphatic carbocycles. The van der Waals surface area contributed by atoms with Crippen molar-refractivity contribution >= 4 is 5.57 Å². The number of rotatable bonds is 1. The molecule has 0 saturated heterocycles. The topological polar surface area (TPSA) is 26.0 Å². The van der Waals surface area contributed by atoms with Crippen LogP contribution in [0.2, 0.25) is 0 Å². The third-order valence-electron chi connectivity index (χ3n) is 4.18. The smallest absolute Gasteiger partial charge is 0.00323 e. The normalized spacial score (nSPS) is 20.0. The maximum Gasteiger partial charge on any atom is -0.00323 e. The van der Waals surface area contributed by atoms with Gasteiger partial charge in [-0.05, 0) is 66.3 Å². The fourth-order valence-electron chi connectivity index (χ4n) is 3.05. The number of hydrogen-bond acceptors (Lipinski definition) is 1. The van der Waals surface area contributed by atoms with Gasteiger partial charge in [0, 0.05) is 0 Å². The van der Waals surface area contributed by atoms with Crippen LogP contribution in [0.5, 0.6) is 0 Å². The number of allylic oxidation sites excluding steroid dienone is 9. The summed E-state index contributed by atoms with van der Waals surface area (Å²) in [6.07, 6.45) is 16.0. The van der Waals surface area contributed by atoms with Gasteiger partial charge in [-0.1, -0.05) is 54.1 Å². The van der Waals surface area contributed by atoms with Gasteiger partial charge in [0.2, 0.25) is 0 Å². The summed E-state index contributed by atoms with van der Waals surface area (Å²) < 4.78 is 0. The molecule has 106 valence electrons. The van der Waals surface area contributed by atoms with Crippen molar-refractivity contribution in [3.05, 3.63) is 88.7 Å². The number of nitrogens with two attached hydrogens (primary N) is 1. The number of benzene rings is 1. The van der Waals surface area contributed by atoms with Crippen LogP contribution in [0.1, 0.15) is 30.9 Å². The summed E-state index contributed by atoms with van der Waals surface area (Å²) in [7, 11) is 0. The van der Waals surface area contributed by atoms with Crippen LogP contribution in [-0.2, 0) is 6.42 Å². The van der Waals surface area contributed by atoms with Crippen LogP contribution in [0, 0.1) is 0 Å². The highest BCUT2D eigenvalue weighted by Gasteiger charge is 2.18. The van der Waals surface area contributed by atoms with E-state index in [1.807, 2.05) is 0 Å². The largest absolute Gasteiger partial charge is 0.404 e. The highest BCUT2D eigenvalue weighted by molar-refractivity contribution is 5.86. The Kier molecular flexibility index (Phi) is 3.92. The van der Waals surface area contributed by atoms with Crippen LogP contribution in [0.4, 0.5) is 0 Å². The van der Waals surface area contributed by atoms with E-state index < -0.39 is 0 Å². The summed E-state index contributed by atoms with van der Waals surface area (Å²) in [6.45, 7) is 2.05. The summed E-state index contributed by atoms with van der Waals surface area (Å²) in [6, 6.07) is 8.73. The molecule has 0 aromatic heterocycles. The van der Waals surface area contributed by atoms with Crippen molar-refractivity contribution in [3.63, 3.8) is 0 Å². The van der Waals surface area contributed by atoms with Crippen LogP contribution in [0.3, 0.4) is 0 Å². The summed E-state index contributed by atoms with van der Waals surface area (Å²) in [5.74, 6) is 0. The monoisotopic (exact) mass is 275 g/mol. The fraction of sp³-hybridized carbons (Fsp3) is 0.200. The van der Waals surface area contributed by atoms with Gasteiger partial charge in [0.15, 0.2) is 0 Å². The van der Waals surface area contributed by atoms with Gasteiger partial charge in [-0.2, -0.15) is 0 Å². The van der Waals surface area contributed by atoms with E-state index in [0.717, 1.165) is 24.8 Å². The van der Waals surface area contributed by atoms with E-state index in [1.54, 1.807) is 6.20 Å². The summed E-state index contributed by atoms with van der Waals surface area (Å²) in [5.41, 5.74) is 13.8. The van der Waals surface area contributed by atoms with Crippen molar-refractivity contribution < 1.29 is 0 Å². The van der Waals surface area contributed by atoms with Gasteiger partial charge in [-0.3, -0.25) is 0 Å². The van der Waals surface area contributed by atoms with Crippen LogP contribution in [0.25, 0.3) is 5.57 Å². The van der Waals surface area contributed by atoms with Gasteiger partial charge in [0.1, 0.15) is 0 Å². The lowest BCUT2D eigenvalue weighted by atomic mass is 9.91. The molecule has 2 aliphatic rings. The van der Waals surface area contributed by atoms with Crippen molar-refractivity contribution in [2.75, 3.05) is 0 Å². The zero-order valence-corrected chi connectivity index (χ0v) is 12.5. The average Bonchev–Trinajstić information content (AvgIpc) is 2.82. The van der Waals surface area contributed by atoms with Gasteiger partial charge in [-0.15, -0.1) is 0 Å². The predicted octanol–water partition coefficient (Wildman–Crippen LogP) is 4.69. The van der Waals surface area contributed by atoms with Crippen LogP contribution >= 0.6 is 0 Å². The molecule has 0 bridgehead atoms. The molecular weight excluding hydrogens is 254 g/mol. The Labute approximate surface area is 126 Å². The minimum Gasteiger partial charge on any atom is -0.404 e. The molecule has 0 fully saturated rings. The summed E-state index contributed by atoms with van der Waals surface area (Å²) in [5, 5.41) is 0. The third kappa shape index (κ3) is 2.78. The molecule has 1 aromatic rings. The highest BCUT2D eigenvalue weighted by atomic mass is 14.5. The minimum atomic E-state index is 1.04. The molecule has 1 nitrogen and oxygen atoms in total. The van der Waals surface area contributed by atoms with Gasteiger partial charge < -0.3 is 5.73 Å². The molecule has 3 rings (SSSR count). The first-order valence-electron chi connectivity index (χ1n) is 7.53. The first kappa shape index (κ1) is 13.7. The zero-order valence-electron chi connectivity index (χ0n) is 12.5. The van der Waals surface area contributed by atoms with Crippen LogP contribution in [0.15, 0.2) is 77.6 Å². The van der Waals surface area contributed by atoms with E-state index in [2.05, 4.69) is 61.6 Å². The zero-order chi connectivity index (χ0) is 14.7. The maximum absolute atomic E-state index is 5.69. The maximum atomic E-state index is 5.69. The molecule has 21 heavy (non-hydrogen) atoms. The Balaban J connectivity index is 2.22. The van der Waals surface area contributed by atoms with E-state index in [9.17, 15) is 0 Å². The van der Waals surface area contributed by atoms with Crippen molar-refractivity contribution in [1.82, 2.24) is 0 Å². The van der Waals surface area contributed by atoms with E-state index in [0.29, 0.717) is 0 Å². The molecule has 0 amide bonds. The Bertz CT molecular complexity index is 696. The van der Waals surface area contributed by atoms with Crippen molar-refractivity contribution in [3.8, 4) is 0 Å². The molecule has 0 heterocycles. The Hall–Kier alpha value is -2.28. The lowest BCUT2D eigenvalue weighted by molar-refractivity contribution is 0.913. The predicted molar refractivity (Wildman–Crippen MR) is 90.6 cm³/mol. The van der Waals surface area contributed by atoms with Crippen molar-refractivity contribution in [1.29, 1.82) is 0 Å². The lowest BCUT2D eigenvalue weighted by Gasteiger charge is -2.13. The Morgan fingerprint density at radius 2 is 2.00 bits per heavy atom. The Morgan fingerprint density at radius 1 is 1.14 bits per heavy atom. The number of hydrogen-bond donors (Lipinski definition) is 1. The summed E-state index contributed by atoms with van der Waals surface area (Å²) >= 11 is 0. The molecular formula is C20H21N. The molecule has 1 heteroatoms. The molecule has 1 aromatic carbocycles. The van der Waals surface area contributed by atoms with E-state index in [1.165, 1.54) is 27.8 Å².